The Bertz CT molecular complexity index is 603. The summed E-state index contributed by atoms with van der Waals surface area (Å²) in [7, 11) is 0. The zero-order chi connectivity index (χ0) is 14.2. The number of benzene rings is 1. The van der Waals surface area contributed by atoms with Crippen LogP contribution in [0.4, 0.5) is 0 Å². The number of ether oxygens (including phenoxy) is 2. The lowest BCUT2D eigenvalue weighted by atomic mass is 10.1. The first-order chi connectivity index (χ1) is 10.3. The minimum Gasteiger partial charge on any atom is -0.486 e. The molecule has 0 radical (unpaired) electrons. The molecule has 112 valence electrons. The highest BCUT2D eigenvalue weighted by Crippen LogP contribution is 2.34. The van der Waals surface area contributed by atoms with E-state index in [4.69, 9.17) is 14.5 Å². The van der Waals surface area contributed by atoms with Gasteiger partial charge in [-0.3, -0.25) is 4.90 Å². The zero-order valence-corrected chi connectivity index (χ0v) is 12.4. The van der Waals surface area contributed by atoms with Crippen molar-refractivity contribution in [3.8, 4) is 11.5 Å². The highest BCUT2D eigenvalue weighted by Gasteiger charge is 2.22. The van der Waals surface area contributed by atoms with Crippen LogP contribution in [0.3, 0.4) is 0 Å². The first-order valence-electron chi connectivity index (χ1n) is 7.84. The number of rotatable bonds is 2. The summed E-state index contributed by atoms with van der Waals surface area (Å²) in [4.78, 5) is 10.7. The Morgan fingerprint density at radius 2 is 1.81 bits per heavy atom. The van der Waals surface area contributed by atoms with Crippen molar-refractivity contribution in [2.75, 3.05) is 26.3 Å². The van der Waals surface area contributed by atoms with Gasteiger partial charge in [0.25, 0.3) is 0 Å². The van der Waals surface area contributed by atoms with E-state index in [0.717, 1.165) is 28.4 Å². The lowest BCUT2D eigenvalue weighted by Crippen LogP contribution is -2.32. The number of likely N-dealkylation sites (tertiary alicyclic amines) is 1. The summed E-state index contributed by atoms with van der Waals surface area (Å²) >= 11 is 0. The molecule has 5 nitrogen and oxygen atoms in total. The van der Waals surface area contributed by atoms with Crippen molar-refractivity contribution < 1.29 is 9.47 Å². The molecule has 4 rings (SSSR count). The van der Waals surface area contributed by atoms with Crippen LogP contribution in [0, 0.1) is 0 Å². The molecule has 21 heavy (non-hydrogen) atoms. The number of hydrogen-bond acceptors (Lipinski definition) is 4. The summed E-state index contributed by atoms with van der Waals surface area (Å²) < 4.78 is 11.3. The second-order valence-electron chi connectivity index (χ2n) is 5.91. The Morgan fingerprint density at radius 1 is 1.10 bits per heavy atom. The molecule has 0 saturated carbocycles. The summed E-state index contributed by atoms with van der Waals surface area (Å²) in [5, 5.41) is 0. The van der Waals surface area contributed by atoms with Gasteiger partial charge in [-0.05, 0) is 32.9 Å². The molecule has 1 saturated heterocycles. The average molecular weight is 287 g/mol. The number of imidazole rings is 1. The lowest BCUT2D eigenvalue weighted by Gasteiger charge is -2.31. The van der Waals surface area contributed by atoms with Gasteiger partial charge in [0.05, 0.1) is 17.1 Å². The Hall–Kier alpha value is -1.75. The molecule has 3 heterocycles. The summed E-state index contributed by atoms with van der Waals surface area (Å²) in [6.45, 7) is 5.79. The van der Waals surface area contributed by atoms with E-state index in [1.54, 1.807) is 0 Å². The molecule has 1 fully saturated rings. The summed E-state index contributed by atoms with van der Waals surface area (Å²) in [6.07, 6.45) is 3.94. The highest BCUT2D eigenvalue weighted by atomic mass is 16.6. The van der Waals surface area contributed by atoms with Crippen molar-refractivity contribution in [2.45, 2.75) is 32.2 Å². The molecule has 2 aliphatic rings. The Balaban J connectivity index is 1.66. The minimum atomic E-state index is 0.330. The highest BCUT2D eigenvalue weighted by molar-refractivity contribution is 5.80. The number of aromatic amines is 1. The molecule has 2 aliphatic heterocycles. The molecule has 5 heteroatoms. The van der Waals surface area contributed by atoms with E-state index in [0.29, 0.717) is 19.3 Å². The first-order valence-corrected chi connectivity index (χ1v) is 7.84. The van der Waals surface area contributed by atoms with Gasteiger partial charge < -0.3 is 14.5 Å². The van der Waals surface area contributed by atoms with Crippen LogP contribution in [0.5, 0.6) is 11.5 Å². The molecule has 1 unspecified atom stereocenters. The van der Waals surface area contributed by atoms with Crippen LogP contribution >= 0.6 is 0 Å². The molecular weight excluding hydrogens is 266 g/mol. The maximum absolute atomic E-state index is 5.63. The number of H-pyrrole nitrogens is 1. The van der Waals surface area contributed by atoms with Gasteiger partial charge in [0.15, 0.2) is 11.5 Å². The van der Waals surface area contributed by atoms with E-state index >= 15 is 0 Å². The van der Waals surface area contributed by atoms with Crippen molar-refractivity contribution in [1.29, 1.82) is 0 Å². The van der Waals surface area contributed by atoms with Gasteiger partial charge in [-0.15, -0.1) is 0 Å². The predicted molar refractivity (Wildman–Crippen MR) is 80.9 cm³/mol. The van der Waals surface area contributed by atoms with Crippen molar-refractivity contribution in [2.24, 2.45) is 0 Å². The molecule has 0 bridgehead atoms. The van der Waals surface area contributed by atoms with Crippen LogP contribution in [0.1, 0.15) is 38.1 Å². The maximum atomic E-state index is 5.63. The van der Waals surface area contributed by atoms with E-state index in [9.17, 15) is 0 Å². The van der Waals surface area contributed by atoms with Crippen molar-refractivity contribution in [3.63, 3.8) is 0 Å². The monoisotopic (exact) mass is 287 g/mol. The molecule has 1 aromatic carbocycles. The SMILES string of the molecule is CC(c1nc2cc3c(cc2[nH]1)OCCO3)N1CCCCC1. The van der Waals surface area contributed by atoms with Crippen LogP contribution < -0.4 is 9.47 Å². The zero-order valence-electron chi connectivity index (χ0n) is 12.4. The quantitative estimate of drug-likeness (QED) is 0.922. The first kappa shape index (κ1) is 13.0. The van der Waals surface area contributed by atoms with E-state index in [-0.39, 0.29) is 0 Å². The van der Waals surface area contributed by atoms with E-state index < -0.39 is 0 Å². The maximum Gasteiger partial charge on any atom is 0.163 e. The average Bonchev–Trinajstić information content (AvgIpc) is 2.95. The second kappa shape index (κ2) is 5.22. The molecular formula is C16H21N3O2. The van der Waals surface area contributed by atoms with Gasteiger partial charge >= 0.3 is 0 Å². The number of nitrogens with one attached hydrogen (secondary N) is 1. The molecule has 0 aliphatic carbocycles. The van der Waals surface area contributed by atoms with Crippen LogP contribution in [0.15, 0.2) is 12.1 Å². The van der Waals surface area contributed by atoms with Crippen LogP contribution in [-0.2, 0) is 0 Å². The predicted octanol–water partition coefficient (Wildman–Crippen LogP) is 2.88. The fourth-order valence-corrected chi connectivity index (χ4v) is 3.24. The summed E-state index contributed by atoms with van der Waals surface area (Å²) in [5.41, 5.74) is 1.98. The van der Waals surface area contributed by atoms with Gasteiger partial charge in [0, 0.05) is 12.1 Å². The van der Waals surface area contributed by atoms with Crippen molar-refractivity contribution in [3.05, 3.63) is 18.0 Å². The topological polar surface area (TPSA) is 50.4 Å². The molecule has 2 aromatic rings. The van der Waals surface area contributed by atoms with Crippen LogP contribution in [0.2, 0.25) is 0 Å². The van der Waals surface area contributed by atoms with Gasteiger partial charge in [0.2, 0.25) is 0 Å². The third-order valence-corrected chi connectivity index (χ3v) is 4.50. The molecule has 0 spiro atoms. The normalized spacial score (nSPS) is 20.6. The summed E-state index contributed by atoms with van der Waals surface area (Å²) in [5.74, 6) is 2.65. The molecule has 1 aromatic heterocycles. The van der Waals surface area contributed by atoms with Gasteiger partial charge in [-0.25, -0.2) is 4.98 Å². The Morgan fingerprint density at radius 3 is 2.57 bits per heavy atom. The van der Waals surface area contributed by atoms with E-state index in [1.807, 2.05) is 12.1 Å². The fourth-order valence-electron chi connectivity index (χ4n) is 3.24. The van der Waals surface area contributed by atoms with E-state index in [2.05, 4.69) is 16.8 Å². The number of hydrogen-bond donors (Lipinski definition) is 1. The number of fused-ring (bicyclic) bond motifs is 2. The summed E-state index contributed by atoms with van der Waals surface area (Å²) in [6, 6.07) is 4.31. The molecule has 1 atom stereocenters. The van der Waals surface area contributed by atoms with Crippen LogP contribution in [-0.4, -0.2) is 41.2 Å². The number of nitrogens with zero attached hydrogens (tertiary/aromatic N) is 2. The second-order valence-corrected chi connectivity index (χ2v) is 5.91. The van der Waals surface area contributed by atoms with Crippen molar-refractivity contribution >= 4 is 11.0 Å². The smallest absolute Gasteiger partial charge is 0.163 e. The minimum absolute atomic E-state index is 0.330. The van der Waals surface area contributed by atoms with Gasteiger partial charge in [-0.1, -0.05) is 6.42 Å². The number of aromatic nitrogens is 2. The van der Waals surface area contributed by atoms with Crippen LogP contribution in [0.25, 0.3) is 11.0 Å². The Kier molecular flexibility index (Phi) is 3.22. The number of piperidine rings is 1. The van der Waals surface area contributed by atoms with Crippen molar-refractivity contribution in [1.82, 2.24) is 14.9 Å². The lowest BCUT2D eigenvalue weighted by molar-refractivity contribution is 0.169. The fraction of sp³-hybridized carbons (Fsp3) is 0.562. The Labute approximate surface area is 124 Å². The largest absolute Gasteiger partial charge is 0.486 e. The van der Waals surface area contributed by atoms with Gasteiger partial charge in [0.1, 0.15) is 19.0 Å². The molecule has 1 N–H and O–H groups in total. The third kappa shape index (κ3) is 2.35. The molecule has 0 amide bonds. The van der Waals surface area contributed by atoms with Gasteiger partial charge in [-0.2, -0.15) is 0 Å². The standard InChI is InChI=1S/C16H21N3O2/c1-11(19-5-3-2-4-6-19)16-17-12-9-14-15(10-13(12)18-16)21-8-7-20-14/h9-11H,2-8H2,1H3,(H,17,18). The van der Waals surface area contributed by atoms with E-state index in [1.165, 1.54) is 32.4 Å². The third-order valence-electron chi connectivity index (χ3n) is 4.50.